The second-order valence-corrected chi connectivity index (χ2v) is 5.03. The van der Waals surface area contributed by atoms with Gasteiger partial charge in [-0.1, -0.05) is 13.8 Å². The van der Waals surface area contributed by atoms with Crippen LogP contribution in [-0.2, 0) is 4.79 Å². The van der Waals surface area contributed by atoms with Crippen LogP contribution in [0.5, 0.6) is 0 Å². The monoisotopic (exact) mass is 185 g/mol. The molecule has 0 aliphatic carbocycles. The Kier molecular flexibility index (Phi) is 2.07. The van der Waals surface area contributed by atoms with E-state index in [4.69, 9.17) is 0 Å². The zero-order chi connectivity index (χ0) is 8.72. The summed E-state index contributed by atoms with van der Waals surface area (Å²) in [6, 6.07) is 0.474. The zero-order valence-electron chi connectivity index (χ0n) is 7.54. The predicted octanol–water partition coefficient (Wildman–Crippen LogP) is 1.26. The van der Waals surface area contributed by atoms with Gasteiger partial charge in [0.15, 0.2) is 0 Å². The van der Waals surface area contributed by atoms with Gasteiger partial charge in [-0.3, -0.25) is 4.79 Å². The number of carbonyl (C=O) groups is 1. The molecule has 0 aromatic heterocycles. The maximum atomic E-state index is 11.3. The van der Waals surface area contributed by atoms with E-state index in [0.29, 0.717) is 17.2 Å². The van der Waals surface area contributed by atoms with Gasteiger partial charge in [0.2, 0.25) is 5.91 Å². The van der Waals surface area contributed by atoms with E-state index in [0.717, 1.165) is 5.75 Å². The number of hydrogen-bond donors (Lipinski definition) is 1. The van der Waals surface area contributed by atoms with Crippen LogP contribution in [0.4, 0.5) is 0 Å². The maximum Gasteiger partial charge on any atom is 0.223 e. The van der Waals surface area contributed by atoms with Crippen LogP contribution in [0.25, 0.3) is 0 Å². The second-order valence-electron chi connectivity index (χ2n) is 3.76. The molecule has 2 aliphatic rings. The Bertz CT molecular complexity index is 207. The third-order valence-corrected chi connectivity index (χ3v) is 4.73. The largest absolute Gasteiger partial charge is 0.352 e. The van der Waals surface area contributed by atoms with E-state index in [9.17, 15) is 4.79 Å². The van der Waals surface area contributed by atoms with Crippen LogP contribution < -0.4 is 5.32 Å². The molecule has 4 atom stereocenters. The van der Waals surface area contributed by atoms with Gasteiger partial charge in [0.25, 0.3) is 0 Å². The van der Waals surface area contributed by atoms with Gasteiger partial charge < -0.3 is 5.32 Å². The minimum Gasteiger partial charge on any atom is -0.352 e. The topological polar surface area (TPSA) is 29.1 Å². The maximum absolute atomic E-state index is 11.3. The summed E-state index contributed by atoms with van der Waals surface area (Å²) in [6.07, 6.45) is 1.20. The molecule has 0 spiro atoms. The van der Waals surface area contributed by atoms with Gasteiger partial charge >= 0.3 is 0 Å². The molecule has 2 rings (SSSR count). The van der Waals surface area contributed by atoms with E-state index in [-0.39, 0.29) is 11.8 Å². The Morgan fingerprint density at radius 3 is 3.08 bits per heavy atom. The normalized spacial score (nSPS) is 46.0. The fourth-order valence-electron chi connectivity index (χ4n) is 2.40. The van der Waals surface area contributed by atoms with Crippen molar-refractivity contribution in [2.24, 2.45) is 11.8 Å². The van der Waals surface area contributed by atoms with Crippen molar-refractivity contribution in [3.63, 3.8) is 0 Å². The molecule has 0 aromatic rings. The van der Waals surface area contributed by atoms with Crippen molar-refractivity contribution in [3.8, 4) is 0 Å². The van der Waals surface area contributed by atoms with Crippen LogP contribution in [0.2, 0.25) is 0 Å². The van der Waals surface area contributed by atoms with Crippen molar-refractivity contribution < 1.29 is 4.79 Å². The van der Waals surface area contributed by atoms with Crippen LogP contribution in [0.1, 0.15) is 20.3 Å². The van der Waals surface area contributed by atoms with E-state index in [1.165, 1.54) is 6.42 Å². The Morgan fingerprint density at radius 2 is 2.42 bits per heavy atom. The first-order valence-electron chi connectivity index (χ1n) is 4.66. The number of hydrogen-bond acceptors (Lipinski definition) is 2. The summed E-state index contributed by atoms with van der Waals surface area (Å²) in [6.45, 7) is 4.28. The van der Waals surface area contributed by atoms with Crippen LogP contribution >= 0.6 is 11.8 Å². The van der Waals surface area contributed by atoms with Crippen molar-refractivity contribution in [1.29, 1.82) is 0 Å². The summed E-state index contributed by atoms with van der Waals surface area (Å²) in [7, 11) is 0. The quantitative estimate of drug-likeness (QED) is 0.666. The third-order valence-electron chi connectivity index (χ3n) is 3.10. The zero-order valence-corrected chi connectivity index (χ0v) is 8.36. The average molecular weight is 185 g/mol. The van der Waals surface area contributed by atoms with E-state index in [1.54, 1.807) is 0 Å². The Balaban J connectivity index is 2.15. The van der Waals surface area contributed by atoms with Gasteiger partial charge in [-0.25, -0.2) is 0 Å². The number of fused-ring (bicyclic) bond motifs is 1. The van der Waals surface area contributed by atoms with Gasteiger partial charge in [-0.15, -0.1) is 0 Å². The SMILES string of the molecule is CC[C@@H]1SC[C@@H]2NC(=O)[C@@H](C)[C@@H]21. The average Bonchev–Trinajstić information content (AvgIpc) is 2.55. The number of carbonyl (C=O) groups excluding carboxylic acids is 1. The van der Waals surface area contributed by atoms with E-state index >= 15 is 0 Å². The first-order valence-corrected chi connectivity index (χ1v) is 5.71. The first-order chi connectivity index (χ1) is 5.74. The summed E-state index contributed by atoms with van der Waals surface area (Å²) in [5, 5.41) is 3.78. The third kappa shape index (κ3) is 1.06. The van der Waals surface area contributed by atoms with E-state index < -0.39 is 0 Å². The van der Waals surface area contributed by atoms with Crippen molar-refractivity contribution in [3.05, 3.63) is 0 Å². The van der Waals surface area contributed by atoms with Crippen LogP contribution in [0.3, 0.4) is 0 Å². The highest BCUT2D eigenvalue weighted by molar-refractivity contribution is 8.00. The molecule has 2 aliphatic heterocycles. The summed E-state index contributed by atoms with van der Waals surface area (Å²) in [5.74, 6) is 2.24. The Labute approximate surface area is 77.5 Å². The number of thioether (sulfide) groups is 1. The number of nitrogens with one attached hydrogen (secondary N) is 1. The van der Waals surface area contributed by atoms with E-state index in [1.807, 2.05) is 11.8 Å². The Morgan fingerprint density at radius 1 is 1.67 bits per heavy atom. The minimum absolute atomic E-state index is 0.245. The molecule has 12 heavy (non-hydrogen) atoms. The lowest BCUT2D eigenvalue weighted by atomic mass is 9.88. The Hall–Kier alpha value is -0.180. The minimum atomic E-state index is 0.245. The van der Waals surface area contributed by atoms with Crippen LogP contribution in [0, 0.1) is 11.8 Å². The van der Waals surface area contributed by atoms with Crippen molar-refractivity contribution >= 4 is 17.7 Å². The highest BCUT2D eigenvalue weighted by Crippen LogP contribution is 2.42. The first kappa shape index (κ1) is 8.42. The van der Waals surface area contributed by atoms with Crippen molar-refractivity contribution in [2.45, 2.75) is 31.6 Å². The summed E-state index contributed by atoms with van der Waals surface area (Å²) < 4.78 is 0. The molecule has 0 radical (unpaired) electrons. The molecule has 0 bridgehead atoms. The lowest BCUT2D eigenvalue weighted by Gasteiger charge is -2.17. The number of amides is 1. The summed E-state index contributed by atoms with van der Waals surface area (Å²) >= 11 is 2.03. The number of rotatable bonds is 1. The van der Waals surface area contributed by atoms with Gasteiger partial charge in [-0.2, -0.15) is 11.8 Å². The highest BCUT2D eigenvalue weighted by Gasteiger charge is 2.47. The van der Waals surface area contributed by atoms with Gasteiger partial charge in [0.1, 0.15) is 0 Å². The predicted molar refractivity (Wildman–Crippen MR) is 51.1 cm³/mol. The fraction of sp³-hybridized carbons (Fsp3) is 0.889. The molecule has 2 heterocycles. The van der Waals surface area contributed by atoms with Gasteiger partial charge in [-0.05, 0) is 6.42 Å². The highest BCUT2D eigenvalue weighted by atomic mass is 32.2. The molecule has 2 saturated heterocycles. The van der Waals surface area contributed by atoms with Crippen molar-refractivity contribution in [1.82, 2.24) is 5.32 Å². The molecule has 0 saturated carbocycles. The molecule has 1 amide bonds. The standard InChI is InChI=1S/C9H15NOS/c1-3-7-8-5(2)9(11)10-6(8)4-12-7/h5-8H,3-4H2,1-2H3,(H,10,11)/t5-,6-,7-,8-/m0/s1. The molecule has 68 valence electrons. The second kappa shape index (κ2) is 2.95. The van der Waals surface area contributed by atoms with Gasteiger partial charge in [0.05, 0.1) is 0 Å². The fourth-order valence-corrected chi connectivity index (χ4v) is 4.04. The molecule has 1 N–H and O–H groups in total. The molecule has 0 unspecified atom stereocenters. The lowest BCUT2D eigenvalue weighted by Crippen LogP contribution is -2.28. The molecule has 2 nitrogen and oxygen atoms in total. The molecule has 2 fully saturated rings. The molecule has 3 heteroatoms. The molecule has 0 aromatic carbocycles. The molecular formula is C9H15NOS. The summed E-state index contributed by atoms with van der Waals surface area (Å²) in [5.41, 5.74) is 0. The van der Waals surface area contributed by atoms with Crippen LogP contribution in [-0.4, -0.2) is 23.0 Å². The van der Waals surface area contributed by atoms with E-state index in [2.05, 4.69) is 19.2 Å². The van der Waals surface area contributed by atoms with Gasteiger partial charge in [0, 0.05) is 28.9 Å². The molecular weight excluding hydrogens is 170 g/mol. The van der Waals surface area contributed by atoms with Crippen molar-refractivity contribution in [2.75, 3.05) is 5.75 Å². The van der Waals surface area contributed by atoms with Crippen LogP contribution in [0.15, 0.2) is 0 Å². The summed E-state index contributed by atoms with van der Waals surface area (Å²) in [4.78, 5) is 11.3. The smallest absolute Gasteiger partial charge is 0.223 e. The lowest BCUT2D eigenvalue weighted by molar-refractivity contribution is -0.122.